The fraction of sp³-hybridized carbons (Fsp3) is 0.474. The molecule has 134 valence electrons. The molecule has 1 fully saturated rings. The molecule has 25 heavy (non-hydrogen) atoms. The molecule has 1 aromatic carbocycles. The molecule has 1 N–H and O–H groups in total. The van der Waals surface area contributed by atoms with Crippen molar-refractivity contribution in [3.05, 3.63) is 52.0 Å². The highest BCUT2D eigenvalue weighted by Gasteiger charge is 2.19. The SMILES string of the molecule is CN(CC[C@@H](O)c1ccccc1)C(=O)c1cnc(CN2CCCC2)s1. The van der Waals surface area contributed by atoms with E-state index < -0.39 is 6.10 Å². The van der Waals surface area contributed by atoms with Gasteiger partial charge in [0.15, 0.2) is 0 Å². The summed E-state index contributed by atoms with van der Waals surface area (Å²) in [6.07, 6.45) is 4.16. The predicted molar refractivity (Wildman–Crippen MR) is 99.6 cm³/mol. The van der Waals surface area contributed by atoms with Crippen LogP contribution in [0.25, 0.3) is 0 Å². The molecule has 2 aromatic rings. The monoisotopic (exact) mass is 359 g/mol. The number of carbonyl (C=O) groups excluding carboxylic acids is 1. The molecule has 0 spiro atoms. The molecule has 6 heteroatoms. The van der Waals surface area contributed by atoms with Crippen LogP contribution in [0, 0.1) is 0 Å². The van der Waals surface area contributed by atoms with Crippen molar-refractivity contribution < 1.29 is 9.90 Å². The van der Waals surface area contributed by atoms with Crippen LogP contribution in [0.1, 0.15) is 45.6 Å². The maximum absolute atomic E-state index is 12.5. The van der Waals surface area contributed by atoms with Crippen LogP contribution in [-0.4, -0.2) is 52.5 Å². The zero-order valence-corrected chi connectivity index (χ0v) is 15.4. The molecule has 2 heterocycles. The van der Waals surface area contributed by atoms with E-state index in [0.29, 0.717) is 17.8 Å². The molecule has 1 aromatic heterocycles. The van der Waals surface area contributed by atoms with Gasteiger partial charge in [-0.25, -0.2) is 4.98 Å². The highest BCUT2D eigenvalue weighted by atomic mass is 32.1. The Morgan fingerprint density at radius 3 is 2.76 bits per heavy atom. The molecule has 3 rings (SSSR count). The number of rotatable bonds is 7. The molecule has 0 unspecified atom stereocenters. The van der Waals surface area contributed by atoms with Gasteiger partial charge in [0.05, 0.1) is 18.8 Å². The van der Waals surface area contributed by atoms with Gasteiger partial charge >= 0.3 is 0 Å². The molecule has 0 radical (unpaired) electrons. The summed E-state index contributed by atoms with van der Waals surface area (Å²) in [7, 11) is 1.78. The smallest absolute Gasteiger partial charge is 0.265 e. The molecule has 0 aliphatic carbocycles. The zero-order valence-electron chi connectivity index (χ0n) is 14.6. The number of thiazole rings is 1. The van der Waals surface area contributed by atoms with Gasteiger partial charge in [-0.15, -0.1) is 11.3 Å². The maximum atomic E-state index is 12.5. The van der Waals surface area contributed by atoms with Crippen molar-refractivity contribution in [2.45, 2.75) is 31.9 Å². The van der Waals surface area contributed by atoms with Gasteiger partial charge in [-0.1, -0.05) is 30.3 Å². The Labute approximate surface area is 152 Å². The lowest BCUT2D eigenvalue weighted by Crippen LogP contribution is -2.28. The van der Waals surface area contributed by atoms with E-state index in [1.54, 1.807) is 18.1 Å². The molecule has 1 aliphatic heterocycles. The second kappa shape index (κ2) is 8.56. The number of aliphatic hydroxyl groups is 1. The first kappa shape index (κ1) is 18.0. The predicted octanol–water partition coefficient (Wildman–Crippen LogP) is 2.93. The van der Waals surface area contributed by atoms with E-state index in [0.717, 1.165) is 30.2 Å². The standard InChI is InChI=1S/C19H25N3O2S/c1-21(12-9-16(23)15-7-3-2-4-8-15)19(24)17-13-20-18(25-17)14-22-10-5-6-11-22/h2-4,7-8,13,16,23H,5-6,9-12,14H2,1H3/t16-/m1/s1. The number of amides is 1. The van der Waals surface area contributed by atoms with E-state index in [1.165, 1.54) is 24.2 Å². The second-order valence-electron chi connectivity index (χ2n) is 6.54. The summed E-state index contributed by atoms with van der Waals surface area (Å²) in [6, 6.07) is 9.55. The fourth-order valence-electron chi connectivity index (χ4n) is 3.06. The number of hydrogen-bond acceptors (Lipinski definition) is 5. The topological polar surface area (TPSA) is 56.7 Å². The van der Waals surface area contributed by atoms with Crippen LogP contribution < -0.4 is 0 Å². The molecule has 0 saturated carbocycles. The highest BCUT2D eigenvalue weighted by molar-refractivity contribution is 7.13. The molecule has 1 amide bonds. The lowest BCUT2D eigenvalue weighted by atomic mass is 10.1. The number of carbonyl (C=O) groups is 1. The minimum atomic E-state index is -0.552. The van der Waals surface area contributed by atoms with Crippen molar-refractivity contribution in [1.29, 1.82) is 0 Å². The zero-order chi connectivity index (χ0) is 17.6. The first-order chi connectivity index (χ1) is 12.1. The Kier molecular flexibility index (Phi) is 6.18. The lowest BCUT2D eigenvalue weighted by molar-refractivity contribution is 0.0765. The van der Waals surface area contributed by atoms with E-state index in [4.69, 9.17) is 0 Å². The largest absolute Gasteiger partial charge is 0.388 e. The number of likely N-dealkylation sites (tertiary alicyclic amines) is 1. The molecular weight excluding hydrogens is 334 g/mol. The second-order valence-corrected chi connectivity index (χ2v) is 7.66. The Hall–Kier alpha value is -1.76. The minimum absolute atomic E-state index is 0.0227. The van der Waals surface area contributed by atoms with Crippen LogP contribution in [0.4, 0.5) is 0 Å². The Balaban J connectivity index is 1.51. The average molecular weight is 359 g/mol. The normalized spacial score (nSPS) is 16.1. The van der Waals surface area contributed by atoms with Crippen molar-refractivity contribution in [3.8, 4) is 0 Å². The molecule has 1 atom stereocenters. The molecule has 5 nitrogen and oxygen atoms in total. The maximum Gasteiger partial charge on any atom is 0.265 e. The quantitative estimate of drug-likeness (QED) is 0.826. The number of aromatic nitrogens is 1. The van der Waals surface area contributed by atoms with E-state index in [-0.39, 0.29) is 5.91 Å². The van der Waals surface area contributed by atoms with Crippen molar-refractivity contribution in [1.82, 2.24) is 14.8 Å². The number of aliphatic hydroxyl groups excluding tert-OH is 1. The van der Waals surface area contributed by atoms with Crippen LogP contribution in [-0.2, 0) is 6.54 Å². The van der Waals surface area contributed by atoms with Crippen LogP contribution in [0.2, 0.25) is 0 Å². The van der Waals surface area contributed by atoms with Crippen LogP contribution in [0.15, 0.2) is 36.5 Å². The van der Waals surface area contributed by atoms with Crippen molar-refractivity contribution in [2.75, 3.05) is 26.7 Å². The van der Waals surface area contributed by atoms with Gasteiger partial charge < -0.3 is 10.0 Å². The summed E-state index contributed by atoms with van der Waals surface area (Å²) < 4.78 is 0. The molecule has 1 saturated heterocycles. The minimum Gasteiger partial charge on any atom is -0.388 e. The van der Waals surface area contributed by atoms with Crippen LogP contribution >= 0.6 is 11.3 Å². The summed E-state index contributed by atoms with van der Waals surface area (Å²) >= 11 is 1.48. The van der Waals surface area contributed by atoms with Gasteiger partial charge in [0.1, 0.15) is 9.88 Å². The Morgan fingerprint density at radius 1 is 1.32 bits per heavy atom. The van der Waals surface area contributed by atoms with Crippen LogP contribution in [0.3, 0.4) is 0 Å². The van der Waals surface area contributed by atoms with Gasteiger partial charge in [0.25, 0.3) is 5.91 Å². The summed E-state index contributed by atoms with van der Waals surface area (Å²) in [5.41, 5.74) is 0.883. The molecular formula is C19H25N3O2S. The Bertz CT molecular complexity index is 683. The average Bonchev–Trinajstić information content (AvgIpc) is 3.32. The number of hydrogen-bond donors (Lipinski definition) is 1. The third-order valence-corrected chi connectivity index (χ3v) is 5.56. The Morgan fingerprint density at radius 2 is 2.04 bits per heavy atom. The summed E-state index contributed by atoms with van der Waals surface area (Å²) in [6.45, 7) is 3.60. The number of benzene rings is 1. The van der Waals surface area contributed by atoms with E-state index in [9.17, 15) is 9.90 Å². The van der Waals surface area contributed by atoms with Crippen molar-refractivity contribution in [3.63, 3.8) is 0 Å². The number of nitrogens with zero attached hydrogens (tertiary/aromatic N) is 3. The van der Waals surface area contributed by atoms with Gasteiger partial charge in [-0.2, -0.15) is 0 Å². The highest BCUT2D eigenvalue weighted by Crippen LogP contribution is 2.20. The van der Waals surface area contributed by atoms with Gasteiger partial charge in [0, 0.05) is 13.6 Å². The molecule has 1 aliphatic rings. The first-order valence-electron chi connectivity index (χ1n) is 8.79. The van der Waals surface area contributed by atoms with Gasteiger partial charge in [0.2, 0.25) is 0 Å². The van der Waals surface area contributed by atoms with E-state index in [2.05, 4.69) is 9.88 Å². The summed E-state index contributed by atoms with van der Waals surface area (Å²) in [5, 5.41) is 11.2. The third kappa shape index (κ3) is 4.87. The van der Waals surface area contributed by atoms with Crippen LogP contribution in [0.5, 0.6) is 0 Å². The lowest BCUT2D eigenvalue weighted by Gasteiger charge is -2.18. The third-order valence-electron chi connectivity index (χ3n) is 4.59. The first-order valence-corrected chi connectivity index (χ1v) is 9.60. The van der Waals surface area contributed by atoms with Crippen molar-refractivity contribution >= 4 is 17.2 Å². The van der Waals surface area contributed by atoms with Gasteiger partial charge in [-0.05, 0) is 37.9 Å². The summed E-state index contributed by atoms with van der Waals surface area (Å²) in [5.74, 6) is -0.0227. The van der Waals surface area contributed by atoms with Gasteiger partial charge in [-0.3, -0.25) is 9.69 Å². The van der Waals surface area contributed by atoms with E-state index in [1.807, 2.05) is 30.3 Å². The summed E-state index contributed by atoms with van der Waals surface area (Å²) in [4.78, 5) is 21.7. The van der Waals surface area contributed by atoms with Crippen molar-refractivity contribution in [2.24, 2.45) is 0 Å². The molecule has 0 bridgehead atoms. The fourth-order valence-corrected chi connectivity index (χ4v) is 4.02. The van der Waals surface area contributed by atoms with E-state index >= 15 is 0 Å².